The first-order valence-corrected chi connectivity index (χ1v) is 23.8. The average molecular weight is 909 g/mol. The van der Waals surface area contributed by atoms with E-state index in [2.05, 4.69) is 29.2 Å². The van der Waals surface area contributed by atoms with Gasteiger partial charge < -0.3 is 25.0 Å². The number of fused-ring (bicyclic) bond motifs is 3. The van der Waals surface area contributed by atoms with Crippen molar-refractivity contribution >= 4 is 55.7 Å². The standard InChI is InChI=1S/C45H51F3N6O7S2/c1-25(2)35-24-62-41(51-35)34-21-38(32-17-18-37(60-4)26(3)39(32)50-34)61-30-20-36-40(55)52-44(43(57)53-63(58,59)31-15-16-31)22-28(44)11-8-6-5-7-9-14-33(42(56)54(36)23-30)49-29-13-10-12-27(19-29)45(46,47)48/h8,10-13,17-19,21,24-25,28,30-31,33,36,49H,5-7,9,14-16,20,22-23H2,1-4H3,(H,52,55)(H,53,57)/b11-8-/t28-,30-,33+,36+,44-/m1/s1. The number of rotatable bonds is 10. The number of allylic oxidation sites excluding steroid dienone is 1. The maximum Gasteiger partial charge on any atom is 0.416 e. The van der Waals surface area contributed by atoms with Crippen molar-refractivity contribution in [3.63, 3.8) is 0 Å². The maximum atomic E-state index is 14.9. The molecule has 63 heavy (non-hydrogen) atoms. The molecule has 0 spiro atoms. The molecule has 1 saturated heterocycles. The second kappa shape index (κ2) is 17.4. The van der Waals surface area contributed by atoms with Crippen LogP contribution in [0.3, 0.4) is 0 Å². The Morgan fingerprint density at radius 3 is 2.56 bits per heavy atom. The molecular weight excluding hydrogens is 858 g/mol. The van der Waals surface area contributed by atoms with E-state index in [1.165, 1.54) is 28.4 Å². The van der Waals surface area contributed by atoms with Gasteiger partial charge in [0.25, 0.3) is 5.91 Å². The Bertz CT molecular complexity index is 2560. The van der Waals surface area contributed by atoms with Crippen LogP contribution in [0.1, 0.15) is 94.4 Å². The fourth-order valence-electron chi connectivity index (χ4n) is 8.49. The summed E-state index contributed by atoms with van der Waals surface area (Å²) in [5.41, 5.74) is 0.474. The van der Waals surface area contributed by atoms with Crippen LogP contribution in [-0.4, -0.2) is 83.6 Å². The van der Waals surface area contributed by atoms with Crippen LogP contribution in [0.25, 0.3) is 21.6 Å². The van der Waals surface area contributed by atoms with Crippen LogP contribution in [0.4, 0.5) is 18.9 Å². The number of hydrogen-bond acceptors (Lipinski definition) is 11. The van der Waals surface area contributed by atoms with Gasteiger partial charge in [-0.25, -0.2) is 18.4 Å². The number of nitrogens with one attached hydrogen (secondary N) is 3. The fraction of sp³-hybridized carbons (Fsp3) is 0.489. The van der Waals surface area contributed by atoms with Crippen LogP contribution in [0.15, 0.2) is 60.0 Å². The molecule has 18 heteroatoms. The van der Waals surface area contributed by atoms with Crippen molar-refractivity contribution < 1.29 is 45.4 Å². The molecule has 4 heterocycles. The Kier molecular flexibility index (Phi) is 12.2. The number of aromatic nitrogens is 2. The van der Waals surface area contributed by atoms with E-state index in [4.69, 9.17) is 19.4 Å². The van der Waals surface area contributed by atoms with Gasteiger partial charge in [0.1, 0.15) is 45.9 Å². The van der Waals surface area contributed by atoms with Gasteiger partial charge in [0.05, 0.1) is 35.7 Å². The zero-order chi connectivity index (χ0) is 44.8. The first-order valence-electron chi connectivity index (χ1n) is 21.4. The summed E-state index contributed by atoms with van der Waals surface area (Å²) in [6.07, 6.45) is 2.23. The number of carbonyl (C=O) groups excluding carboxylic acids is 3. The van der Waals surface area contributed by atoms with Crippen LogP contribution in [0.5, 0.6) is 11.5 Å². The molecule has 13 nitrogen and oxygen atoms in total. The summed E-state index contributed by atoms with van der Waals surface area (Å²) in [4.78, 5) is 54.7. The summed E-state index contributed by atoms with van der Waals surface area (Å²) in [5.74, 6) is -1.31. The third-order valence-electron chi connectivity index (χ3n) is 12.4. The minimum Gasteiger partial charge on any atom is -0.496 e. The molecular formula is C45H51F3N6O7S2. The van der Waals surface area contributed by atoms with E-state index in [0.29, 0.717) is 65.2 Å². The third-order valence-corrected chi connectivity index (χ3v) is 15.1. The van der Waals surface area contributed by atoms with Crippen molar-refractivity contribution in [3.8, 4) is 22.2 Å². The maximum absolute atomic E-state index is 14.9. The van der Waals surface area contributed by atoms with Crippen LogP contribution in [0, 0.1) is 12.8 Å². The van der Waals surface area contributed by atoms with E-state index in [1.54, 1.807) is 19.2 Å². The van der Waals surface area contributed by atoms with E-state index in [9.17, 15) is 36.0 Å². The normalized spacial score (nSPS) is 25.0. The van der Waals surface area contributed by atoms with Gasteiger partial charge in [0, 0.05) is 40.4 Å². The minimum atomic E-state index is -4.61. The van der Waals surface area contributed by atoms with E-state index in [0.717, 1.165) is 29.8 Å². The van der Waals surface area contributed by atoms with Crippen molar-refractivity contribution in [2.75, 3.05) is 19.0 Å². The Morgan fingerprint density at radius 2 is 1.84 bits per heavy atom. The van der Waals surface area contributed by atoms with Gasteiger partial charge in [0.2, 0.25) is 21.8 Å². The van der Waals surface area contributed by atoms with Crippen LogP contribution in [0.2, 0.25) is 0 Å². The molecule has 3 fully saturated rings. The third kappa shape index (κ3) is 9.38. The van der Waals surface area contributed by atoms with E-state index >= 15 is 0 Å². The number of hydrogen-bond donors (Lipinski definition) is 3. The number of sulfonamides is 1. The minimum absolute atomic E-state index is 0.0184. The lowest BCUT2D eigenvalue weighted by molar-refractivity contribution is -0.140. The largest absolute Gasteiger partial charge is 0.496 e. The van der Waals surface area contributed by atoms with Crippen LogP contribution < -0.4 is 24.8 Å². The highest BCUT2D eigenvalue weighted by molar-refractivity contribution is 7.91. The Morgan fingerprint density at radius 1 is 1.05 bits per heavy atom. The number of nitrogens with zero attached hydrogens (tertiary/aromatic N) is 3. The monoisotopic (exact) mass is 908 g/mol. The molecule has 4 aliphatic rings. The van der Waals surface area contributed by atoms with Crippen molar-refractivity contribution in [2.24, 2.45) is 5.92 Å². The first kappa shape index (κ1) is 44.4. The molecule has 336 valence electrons. The van der Waals surface area contributed by atoms with E-state index in [-0.39, 0.29) is 37.4 Å². The number of aryl methyl sites for hydroxylation is 1. The van der Waals surface area contributed by atoms with Crippen molar-refractivity contribution in [3.05, 3.63) is 76.8 Å². The van der Waals surface area contributed by atoms with Crippen LogP contribution >= 0.6 is 11.3 Å². The molecule has 0 bridgehead atoms. The van der Waals surface area contributed by atoms with Crippen molar-refractivity contribution in [1.29, 1.82) is 0 Å². The summed E-state index contributed by atoms with van der Waals surface area (Å²) < 4.78 is 82.0. The summed E-state index contributed by atoms with van der Waals surface area (Å²) >= 11 is 1.45. The topological polar surface area (TPSA) is 169 Å². The lowest BCUT2D eigenvalue weighted by atomic mass is 10.0. The van der Waals surface area contributed by atoms with Gasteiger partial charge >= 0.3 is 6.18 Å². The SMILES string of the molecule is COc1ccc2c(O[C@@H]3C[C@H]4C(=O)N[C@]5(C(=O)NS(=O)(=O)C6CC6)C[C@H]5/C=C\CCCCC[C@H](Nc5cccc(C(F)(F)F)c5)C(=O)N4C3)cc(-c3nc(C(C)C)cs3)nc2c1C. The molecule has 0 unspecified atom stereocenters. The molecule has 4 aromatic rings. The highest BCUT2D eigenvalue weighted by Crippen LogP contribution is 2.46. The van der Waals surface area contributed by atoms with Gasteiger partial charge in [-0.1, -0.05) is 44.9 Å². The molecule has 5 atom stereocenters. The van der Waals surface area contributed by atoms with Crippen molar-refractivity contribution in [1.82, 2.24) is 24.9 Å². The predicted molar refractivity (Wildman–Crippen MR) is 233 cm³/mol. The number of ether oxygens (including phenoxy) is 2. The fourth-order valence-corrected chi connectivity index (χ4v) is 10.8. The molecule has 2 aromatic heterocycles. The van der Waals surface area contributed by atoms with Gasteiger partial charge in [-0.05, 0) is 81.7 Å². The number of amides is 3. The molecule has 3 amide bonds. The number of anilines is 1. The lowest BCUT2D eigenvalue weighted by Gasteiger charge is -2.30. The van der Waals surface area contributed by atoms with Crippen LogP contribution in [-0.2, 0) is 30.6 Å². The molecule has 2 aliphatic carbocycles. The number of pyridine rings is 1. The van der Waals surface area contributed by atoms with Gasteiger partial charge in [0.15, 0.2) is 0 Å². The van der Waals surface area contributed by atoms with Crippen molar-refractivity contribution in [2.45, 2.75) is 120 Å². The number of halogens is 3. The summed E-state index contributed by atoms with van der Waals surface area (Å²) in [5, 5.41) is 8.57. The molecule has 0 radical (unpaired) electrons. The Labute approximate surface area is 368 Å². The number of methoxy groups -OCH3 is 1. The van der Waals surface area contributed by atoms with E-state index < -0.39 is 74.4 Å². The highest BCUT2D eigenvalue weighted by Gasteiger charge is 2.62. The highest BCUT2D eigenvalue weighted by atomic mass is 32.2. The van der Waals surface area contributed by atoms with E-state index in [1.807, 2.05) is 30.5 Å². The van der Waals surface area contributed by atoms with Gasteiger partial charge in [-0.2, -0.15) is 13.2 Å². The number of benzene rings is 2. The number of thiazole rings is 1. The second-order valence-electron chi connectivity index (χ2n) is 17.3. The molecule has 3 N–H and O–H groups in total. The summed E-state index contributed by atoms with van der Waals surface area (Å²) in [6.45, 7) is 5.90. The Hall–Kier alpha value is -5.23. The quantitative estimate of drug-likeness (QED) is 0.135. The number of alkyl halides is 3. The Balaban J connectivity index is 1.16. The molecule has 2 aromatic carbocycles. The lowest BCUT2D eigenvalue weighted by Crippen LogP contribution is -2.57. The van der Waals surface area contributed by atoms with Gasteiger partial charge in [-0.3, -0.25) is 19.1 Å². The molecule has 2 saturated carbocycles. The zero-order valence-corrected chi connectivity index (χ0v) is 37.1. The molecule has 8 rings (SSSR count). The second-order valence-corrected chi connectivity index (χ2v) is 20.1. The number of carbonyl (C=O) groups is 3. The average Bonchev–Trinajstić information content (AvgIpc) is 4.11. The molecule has 2 aliphatic heterocycles. The van der Waals surface area contributed by atoms with Gasteiger partial charge in [-0.15, -0.1) is 11.3 Å². The zero-order valence-electron chi connectivity index (χ0n) is 35.5. The predicted octanol–water partition coefficient (Wildman–Crippen LogP) is 7.65. The first-order chi connectivity index (χ1) is 30.0. The summed E-state index contributed by atoms with van der Waals surface area (Å²) in [6, 6.07) is 7.83. The summed E-state index contributed by atoms with van der Waals surface area (Å²) in [7, 11) is -2.39. The smallest absolute Gasteiger partial charge is 0.416 e.